The van der Waals surface area contributed by atoms with Gasteiger partial charge >= 0.3 is 12.1 Å². The van der Waals surface area contributed by atoms with Gasteiger partial charge in [-0.15, -0.1) is 0 Å². The van der Waals surface area contributed by atoms with Gasteiger partial charge in [0.15, 0.2) is 6.61 Å². The molecule has 1 heterocycles. The first-order chi connectivity index (χ1) is 6.88. The van der Waals surface area contributed by atoms with Crippen molar-refractivity contribution in [1.82, 2.24) is 9.97 Å². The van der Waals surface area contributed by atoms with Crippen molar-refractivity contribution in [2.45, 2.75) is 6.18 Å². The van der Waals surface area contributed by atoms with Crippen LogP contribution in [0.4, 0.5) is 19.1 Å². The minimum atomic E-state index is -4.51. The highest BCUT2D eigenvalue weighted by Gasteiger charge is 2.29. The molecule has 6 nitrogen and oxygen atoms in total. The third kappa shape index (κ3) is 3.75. The Bertz CT molecular complexity index is 368. The van der Waals surface area contributed by atoms with Gasteiger partial charge < -0.3 is 14.9 Å². The Labute approximate surface area is 80.9 Å². The Morgan fingerprint density at radius 1 is 1.53 bits per heavy atom. The van der Waals surface area contributed by atoms with E-state index >= 15 is 0 Å². The Hall–Kier alpha value is -1.93. The van der Waals surface area contributed by atoms with Gasteiger partial charge in [-0.25, -0.2) is 0 Å². The minimum Gasteiger partial charge on any atom is -0.456 e. The zero-order valence-electron chi connectivity index (χ0n) is 7.06. The van der Waals surface area contributed by atoms with E-state index in [1.807, 2.05) is 0 Å². The molecule has 0 radical (unpaired) electrons. The van der Waals surface area contributed by atoms with Crippen LogP contribution in [0, 0.1) is 10.1 Å². The van der Waals surface area contributed by atoms with Crippen LogP contribution in [0.5, 0.6) is 5.88 Å². The molecule has 0 aliphatic carbocycles. The van der Waals surface area contributed by atoms with E-state index in [2.05, 4.69) is 14.7 Å². The van der Waals surface area contributed by atoms with E-state index in [1.165, 1.54) is 0 Å². The van der Waals surface area contributed by atoms with Crippen molar-refractivity contribution in [2.24, 2.45) is 0 Å². The fourth-order valence-corrected chi connectivity index (χ4v) is 0.657. The normalized spacial score (nSPS) is 11.1. The Kier molecular flexibility index (Phi) is 3.02. The van der Waals surface area contributed by atoms with Crippen LogP contribution in [0.1, 0.15) is 0 Å². The fraction of sp³-hybridized carbons (Fsp3) is 0.333. The van der Waals surface area contributed by atoms with E-state index in [0.717, 1.165) is 12.3 Å². The molecule has 0 fully saturated rings. The van der Waals surface area contributed by atoms with Gasteiger partial charge in [-0.1, -0.05) is 4.98 Å². The van der Waals surface area contributed by atoms with E-state index in [4.69, 9.17) is 0 Å². The number of alkyl halides is 3. The molecule has 0 saturated heterocycles. The van der Waals surface area contributed by atoms with Crippen molar-refractivity contribution < 1.29 is 22.8 Å². The van der Waals surface area contributed by atoms with Gasteiger partial charge in [0, 0.05) is 0 Å². The Balaban J connectivity index is 2.70. The predicted molar refractivity (Wildman–Crippen MR) is 40.2 cm³/mol. The molecule has 0 unspecified atom stereocenters. The monoisotopic (exact) mass is 223 g/mol. The van der Waals surface area contributed by atoms with Crippen LogP contribution in [0.3, 0.4) is 0 Å². The number of halogens is 3. The van der Waals surface area contributed by atoms with Gasteiger partial charge in [0.1, 0.15) is 6.20 Å². The number of rotatable bonds is 3. The summed E-state index contributed by atoms with van der Waals surface area (Å²) in [6.45, 7) is -1.55. The topological polar surface area (TPSA) is 78.2 Å². The summed E-state index contributed by atoms with van der Waals surface area (Å²) >= 11 is 0. The van der Waals surface area contributed by atoms with Crippen LogP contribution in [0.2, 0.25) is 0 Å². The van der Waals surface area contributed by atoms with Crippen LogP contribution >= 0.6 is 0 Å². The van der Waals surface area contributed by atoms with Crippen LogP contribution in [-0.4, -0.2) is 27.7 Å². The first-order valence-corrected chi connectivity index (χ1v) is 3.55. The number of ether oxygens (including phenoxy) is 1. The van der Waals surface area contributed by atoms with Gasteiger partial charge in [0.25, 0.3) is 5.88 Å². The molecule has 15 heavy (non-hydrogen) atoms. The van der Waals surface area contributed by atoms with E-state index in [0.29, 0.717) is 0 Å². The average molecular weight is 223 g/mol. The fourth-order valence-electron chi connectivity index (χ4n) is 0.657. The van der Waals surface area contributed by atoms with E-state index in [9.17, 15) is 23.3 Å². The number of hydrogen-bond donors (Lipinski definition) is 0. The SMILES string of the molecule is O=[N+]([O-])c1nccc(OCC(F)(F)F)n1. The number of aromatic nitrogens is 2. The quantitative estimate of drug-likeness (QED) is 0.570. The maximum absolute atomic E-state index is 11.7. The first kappa shape index (κ1) is 11.1. The molecule has 0 aliphatic heterocycles. The summed E-state index contributed by atoms with van der Waals surface area (Å²) in [6.07, 6.45) is -3.57. The summed E-state index contributed by atoms with van der Waals surface area (Å²) < 4.78 is 39.3. The van der Waals surface area contributed by atoms with Crippen LogP contribution < -0.4 is 4.74 Å². The second-order valence-electron chi connectivity index (χ2n) is 2.36. The zero-order valence-corrected chi connectivity index (χ0v) is 7.06. The van der Waals surface area contributed by atoms with Gasteiger partial charge in [0.2, 0.25) is 0 Å². The van der Waals surface area contributed by atoms with Crippen LogP contribution in [0.15, 0.2) is 12.3 Å². The Morgan fingerprint density at radius 3 is 2.73 bits per heavy atom. The van der Waals surface area contributed by atoms with Gasteiger partial charge in [0.05, 0.1) is 6.07 Å². The lowest BCUT2D eigenvalue weighted by molar-refractivity contribution is -0.394. The zero-order chi connectivity index (χ0) is 11.5. The molecule has 0 aromatic carbocycles. The van der Waals surface area contributed by atoms with E-state index < -0.39 is 29.5 Å². The second-order valence-corrected chi connectivity index (χ2v) is 2.36. The summed E-state index contributed by atoms with van der Waals surface area (Å²) in [5.41, 5.74) is 0. The largest absolute Gasteiger partial charge is 0.472 e. The highest BCUT2D eigenvalue weighted by Crippen LogP contribution is 2.17. The van der Waals surface area contributed by atoms with Crippen molar-refractivity contribution >= 4 is 5.95 Å². The molecular formula is C6H4F3N3O3. The molecule has 0 aliphatic rings. The molecule has 0 saturated carbocycles. The average Bonchev–Trinajstić information content (AvgIpc) is 2.14. The highest BCUT2D eigenvalue weighted by atomic mass is 19.4. The molecular weight excluding hydrogens is 219 g/mol. The standard InChI is InChI=1S/C6H4F3N3O3/c7-6(8,9)3-15-4-1-2-10-5(11-4)12(13)14/h1-2H,3H2. The van der Waals surface area contributed by atoms with Crippen molar-refractivity contribution in [2.75, 3.05) is 6.61 Å². The van der Waals surface area contributed by atoms with Crippen molar-refractivity contribution in [3.63, 3.8) is 0 Å². The lowest BCUT2D eigenvalue weighted by atomic mass is 10.6. The van der Waals surface area contributed by atoms with Gasteiger partial charge in [-0.05, 0) is 9.91 Å². The predicted octanol–water partition coefficient (Wildman–Crippen LogP) is 1.33. The van der Waals surface area contributed by atoms with Gasteiger partial charge in [-0.2, -0.15) is 13.2 Å². The smallest absolute Gasteiger partial charge is 0.456 e. The molecule has 0 bridgehead atoms. The molecule has 0 spiro atoms. The Morgan fingerprint density at radius 2 is 2.20 bits per heavy atom. The van der Waals surface area contributed by atoms with E-state index in [-0.39, 0.29) is 0 Å². The molecule has 82 valence electrons. The first-order valence-electron chi connectivity index (χ1n) is 3.55. The second kappa shape index (κ2) is 4.07. The number of nitrogens with zero attached hydrogens (tertiary/aromatic N) is 3. The summed E-state index contributed by atoms with van der Waals surface area (Å²) in [5.74, 6) is -1.30. The summed E-state index contributed by atoms with van der Waals surface area (Å²) in [5, 5.41) is 10.2. The molecule has 0 atom stereocenters. The molecule has 1 rings (SSSR count). The lowest BCUT2D eigenvalue weighted by Gasteiger charge is -2.05. The molecule has 0 amide bonds. The summed E-state index contributed by atoms with van der Waals surface area (Å²) in [4.78, 5) is 15.6. The lowest BCUT2D eigenvalue weighted by Crippen LogP contribution is -2.19. The number of hydrogen-bond acceptors (Lipinski definition) is 5. The summed E-state index contributed by atoms with van der Waals surface area (Å²) in [6, 6.07) is 0.999. The third-order valence-electron chi connectivity index (χ3n) is 1.16. The van der Waals surface area contributed by atoms with Crippen molar-refractivity contribution in [3.8, 4) is 5.88 Å². The van der Waals surface area contributed by atoms with Crippen LogP contribution in [-0.2, 0) is 0 Å². The van der Waals surface area contributed by atoms with E-state index in [1.54, 1.807) is 0 Å². The minimum absolute atomic E-state index is 0.492. The molecule has 1 aromatic rings. The maximum Gasteiger partial charge on any atom is 0.472 e. The molecule has 0 N–H and O–H groups in total. The number of nitro groups is 1. The highest BCUT2D eigenvalue weighted by molar-refractivity contribution is 5.14. The molecule has 1 aromatic heterocycles. The summed E-state index contributed by atoms with van der Waals surface area (Å²) in [7, 11) is 0. The van der Waals surface area contributed by atoms with Gasteiger partial charge in [-0.3, -0.25) is 0 Å². The van der Waals surface area contributed by atoms with Crippen molar-refractivity contribution in [1.29, 1.82) is 0 Å². The maximum atomic E-state index is 11.7. The third-order valence-corrected chi connectivity index (χ3v) is 1.16. The van der Waals surface area contributed by atoms with Crippen molar-refractivity contribution in [3.05, 3.63) is 22.4 Å². The van der Waals surface area contributed by atoms with Crippen LogP contribution in [0.25, 0.3) is 0 Å². The molecule has 9 heteroatoms.